The van der Waals surface area contributed by atoms with Gasteiger partial charge >= 0.3 is 0 Å². The van der Waals surface area contributed by atoms with Gasteiger partial charge in [0.25, 0.3) is 0 Å². The van der Waals surface area contributed by atoms with E-state index in [9.17, 15) is 9.18 Å². The smallest absolute Gasteiger partial charge is 0.247 e. The number of amides is 1. The van der Waals surface area contributed by atoms with E-state index in [1.54, 1.807) is 29.1 Å². The molecule has 3 heterocycles. The number of pyridine rings is 1. The normalized spacial score (nSPS) is 11.0. The van der Waals surface area contributed by atoms with Crippen LogP contribution >= 0.6 is 23.2 Å². The van der Waals surface area contributed by atoms with Gasteiger partial charge in [0.2, 0.25) is 11.9 Å². The molecule has 0 radical (unpaired) electrons. The first kappa shape index (κ1) is 25.2. The number of benzene rings is 2. The van der Waals surface area contributed by atoms with Gasteiger partial charge in [0.1, 0.15) is 23.0 Å². The summed E-state index contributed by atoms with van der Waals surface area (Å²) in [5.41, 5.74) is 2.71. The Labute approximate surface area is 225 Å². The second kappa shape index (κ2) is 10.2. The minimum absolute atomic E-state index is 0.166. The molecule has 0 aliphatic rings. The van der Waals surface area contributed by atoms with Crippen molar-refractivity contribution in [1.82, 2.24) is 19.4 Å². The quantitative estimate of drug-likeness (QED) is 0.229. The predicted molar refractivity (Wildman–Crippen MR) is 145 cm³/mol. The van der Waals surface area contributed by atoms with Crippen molar-refractivity contribution in [2.24, 2.45) is 0 Å². The molecule has 0 saturated heterocycles. The molecule has 0 saturated carbocycles. The first-order valence-electron chi connectivity index (χ1n) is 11.1. The molecule has 0 aliphatic heterocycles. The van der Waals surface area contributed by atoms with Gasteiger partial charge in [0.15, 0.2) is 5.65 Å². The van der Waals surface area contributed by atoms with Crippen LogP contribution in [0.25, 0.3) is 27.8 Å². The number of carbonyl (C=O) groups is 1. The molecular formula is C26H19Cl2FN6O3. The van der Waals surface area contributed by atoms with Gasteiger partial charge in [0, 0.05) is 41.2 Å². The highest BCUT2D eigenvalue weighted by atomic mass is 35.5. The molecule has 0 aliphatic carbocycles. The van der Waals surface area contributed by atoms with Crippen LogP contribution in [0.5, 0.6) is 11.5 Å². The first-order valence-corrected chi connectivity index (χ1v) is 11.8. The van der Waals surface area contributed by atoms with Gasteiger partial charge in [0.05, 0.1) is 35.6 Å². The summed E-state index contributed by atoms with van der Waals surface area (Å²) in [5, 5.41) is 6.82. The highest BCUT2D eigenvalue weighted by Crippen LogP contribution is 2.47. The van der Waals surface area contributed by atoms with Gasteiger partial charge in [-0.25, -0.2) is 14.4 Å². The number of aromatic nitrogens is 4. The molecule has 9 nitrogen and oxygen atoms in total. The number of ether oxygens (including phenoxy) is 2. The highest BCUT2D eigenvalue weighted by Gasteiger charge is 2.22. The van der Waals surface area contributed by atoms with Crippen molar-refractivity contribution in [2.75, 3.05) is 24.9 Å². The number of hydrogen-bond acceptors (Lipinski definition) is 7. The van der Waals surface area contributed by atoms with E-state index in [1.165, 1.54) is 32.4 Å². The van der Waals surface area contributed by atoms with Crippen LogP contribution in [0.2, 0.25) is 10.0 Å². The molecule has 192 valence electrons. The molecule has 2 N–H and O–H groups in total. The number of carbonyl (C=O) groups excluding carboxylic acids is 1. The lowest BCUT2D eigenvalue weighted by Crippen LogP contribution is -2.10. The van der Waals surface area contributed by atoms with Gasteiger partial charge in [-0.05, 0) is 30.3 Å². The Bertz CT molecular complexity index is 1710. The standard InChI is InChI=1S/C26H19Cl2FN6O3/c1-4-20(36)32-16-6-5-14(29)10-17(16)33-26-31-12-13-9-15(25-30-7-8-35(25)24(13)34-26)21-22(27)18(37-2)11-19(38-3)23(21)28/h4-12H,1H2,2-3H3,(H,32,36)(H,31,33,34). The third-order valence-electron chi connectivity index (χ3n) is 5.72. The van der Waals surface area contributed by atoms with E-state index in [0.29, 0.717) is 55.0 Å². The van der Waals surface area contributed by atoms with Crippen LogP contribution in [0, 0.1) is 5.82 Å². The predicted octanol–water partition coefficient (Wildman–Crippen LogP) is 6.28. The van der Waals surface area contributed by atoms with Gasteiger partial charge in [-0.2, -0.15) is 4.98 Å². The van der Waals surface area contributed by atoms with Crippen molar-refractivity contribution in [1.29, 1.82) is 0 Å². The molecule has 12 heteroatoms. The number of halogens is 3. The van der Waals surface area contributed by atoms with Gasteiger partial charge < -0.3 is 20.1 Å². The third kappa shape index (κ3) is 4.44. The zero-order chi connectivity index (χ0) is 27.0. The SMILES string of the molecule is C=CC(=O)Nc1ccc(F)cc1Nc1ncc2cc(-c3c(Cl)c(OC)cc(OC)c3Cl)c3nccn3c2n1. The summed E-state index contributed by atoms with van der Waals surface area (Å²) in [6.45, 7) is 3.43. The zero-order valence-electron chi connectivity index (χ0n) is 20.1. The molecular weight excluding hydrogens is 534 g/mol. The number of imidazole rings is 1. The summed E-state index contributed by atoms with van der Waals surface area (Å²) in [5.74, 6) is -0.0118. The van der Waals surface area contributed by atoms with Crippen molar-refractivity contribution < 1.29 is 18.7 Å². The number of nitrogens with zero attached hydrogens (tertiary/aromatic N) is 4. The number of rotatable bonds is 7. The average Bonchev–Trinajstić information content (AvgIpc) is 3.41. The lowest BCUT2D eigenvalue weighted by atomic mass is 10.0. The van der Waals surface area contributed by atoms with E-state index >= 15 is 0 Å². The van der Waals surface area contributed by atoms with Crippen LogP contribution in [0.15, 0.2) is 61.6 Å². The van der Waals surface area contributed by atoms with E-state index in [0.717, 1.165) is 6.08 Å². The summed E-state index contributed by atoms with van der Waals surface area (Å²) in [7, 11) is 3.00. The second-order valence-corrected chi connectivity index (χ2v) is 8.70. The van der Waals surface area contributed by atoms with E-state index in [4.69, 9.17) is 32.7 Å². The second-order valence-electron chi connectivity index (χ2n) is 7.94. The summed E-state index contributed by atoms with van der Waals surface area (Å²) in [4.78, 5) is 25.3. The summed E-state index contributed by atoms with van der Waals surface area (Å²) >= 11 is 13.4. The van der Waals surface area contributed by atoms with E-state index in [1.807, 2.05) is 6.07 Å². The minimum Gasteiger partial charge on any atom is -0.495 e. The third-order valence-corrected chi connectivity index (χ3v) is 6.47. The molecule has 2 aromatic carbocycles. The van der Waals surface area contributed by atoms with Crippen molar-refractivity contribution in [2.45, 2.75) is 0 Å². The summed E-state index contributed by atoms with van der Waals surface area (Å²) in [6, 6.07) is 7.30. The van der Waals surface area contributed by atoms with Gasteiger partial charge in [-0.3, -0.25) is 9.20 Å². The number of fused-ring (bicyclic) bond motifs is 3. The molecule has 0 fully saturated rings. The maximum atomic E-state index is 14.0. The van der Waals surface area contributed by atoms with E-state index in [-0.39, 0.29) is 11.6 Å². The zero-order valence-corrected chi connectivity index (χ0v) is 21.6. The van der Waals surface area contributed by atoms with Crippen molar-refractivity contribution in [3.05, 3.63) is 77.4 Å². The Balaban J connectivity index is 1.65. The van der Waals surface area contributed by atoms with Crippen LogP contribution in [0.4, 0.5) is 21.7 Å². The number of methoxy groups -OCH3 is 2. The Morgan fingerprint density at radius 1 is 1.05 bits per heavy atom. The van der Waals surface area contributed by atoms with Crippen LogP contribution in [0.1, 0.15) is 0 Å². The largest absolute Gasteiger partial charge is 0.495 e. The number of nitrogens with one attached hydrogen (secondary N) is 2. The lowest BCUT2D eigenvalue weighted by molar-refractivity contribution is -0.111. The molecule has 38 heavy (non-hydrogen) atoms. The molecule has 0 atom stereocenters. The maximum absolute atomic E-state index is 14.0. The Kier molecular flexibility index (Phi) is 6.75. The monoisotopic (exact) mass is 552 g/mol. The van der Waals surface area contributed by atoms with Crippen molar-refractivity contribution in [3.8, 4) is 22.6 Å². The van der Waals surface area contributed by atoms with Gasteiger partial charge in [-0.1, -0.05) is 29.8 Å². The lowest BCUT2D eigenvalue weighted by Gasteiger charge is -2.16. The molecule has 5 aromatic rings. The first-order chi connectivity index (χ1) is 18.3. The Morgan fingerprint density at radius 2 is 1.79 bits per heavy atom. The highest BCUT2D eigenvalue weighted by molar-refractivity contribution is 6.41. The van der Waals surface area contributed by atoms with E-state index in [2.05, 4.69) is 32.2 Å². The number of anilines is 3. The van der Waals surface area contributed by atoms with Crippen LogP contribution in [0.3, 0.4) is 0 Å². The molecule has 1 amide bonds. The van der Waals surface area contributed by atoms with E-state index < -0.39 is 11.7 Å². The fourth-order valence-electron chi connectivity index (χ4n) is 3.97. The average molecular weight is 553 g/mol. The summed E-state index contributed by atoms with van der Waals surface area (Å²) in [6.07, 6.45) is 6.05. The minimum atomic E-state index is -0.506. The number of hydrogen-bond donors (Lipinski definition) is 2. The van der Waals surface area contributed by atoms with Crippen LogP contribution < -0.4 is 20.1 Å². The van der Waals surface area contributed by atoms with Crippen molar-refractivity contribution in [3.63, 3.8) is 0 Å². The molecule has 0 spiro atoms. The van der Waals surface area contributed by atoms with Gasteiger partial charge in [-0.15, -0.1) is 0 Å². The fraction of sp³-hybridized carbons (Fsp3) is 0.0769. The molecule has 3 aromatic heterocycles. The fourth-order valence-corrected chi connectivity index (χ4v) is 4.67. The van der Waals surface area contributed by atoms with Crippen LogP contribution in [-0.4, -0.2) is 39.5 Å². The molecule has 5 rings (SSSR count). The Hall–Kier alpha value is -4.41. The topological polar surface area (TPSA) is 103 Å². The molecule has 0 unspecified atom stereocenters. The summed E-state index contributed by atoms with van der Waals surface area (Å²) < 4.78 is 26.6. The Morgan fingerprint density at radius 3 is 2.47 bits per heavy atom. The maximum Gasteiger partial charge on any atom is 0.247 e. The molecule has 0 bridgehead atoms. The van der Waals surface area contributed by atoms with Crippen LogP contribution in [-0.2, 0) is 4.79 Å². The van der Waals surface area contributed by atoms with Crippen molar-refractivity contribution >= 4 is 63.1 Å².